The minimum absolute atomic E-state index is 0.0160. The van der Waals surface area contributed by atoms with Crippen LogP contribution in [0.2, 0.25) is 0 Å². The summed E-state index contributed by atoms with van der Waals surface area (Å²) >= 11 is 0. The Morgan fingerprint density at radius 3 is 2.53 bits per heavy atom. The first-order chi connectivity index (χ1) is 9.31. The van der Waals surface area contributed by atoms with E-state index in [1.54, 1.807) is 0 Å². The molecule has 0 bridgehead atoms. The summed E-state index contributed by atoms with van der Waals surface area (Å²) in [5, 5.41) is 4.01. The van der Waals surface area contributed by atoms with Crippen LogP contribution in [0.15, 0.2) is 60.7 Å². The lowest BCUT2D eigenvalue weighted by Gasteiger charge is -2.03. The third kappa shape index (κ3) is 2.65. The third-order valence-electron chi connectivity index (χ3n) is 2.99. The lowest BCUT2D eigenvalue weighted by Crippen LogP contribution is -2.14. The van der Waals surface area contributed by atoms with E-state index in [0.29, 0.717) is 6.42 Å². The van der Waals surface area contributed by atoms with Gasteiger partial charge < -0.3 is 10.3 Å². The number of nitrogens with one attached hydrogen (secondary N) is 2. The van der Waals surface area contributed by atoms with Crippen molar-refractivity contribution in [2.24, 2.45) is 0 Å². The van der Waals surface area contributed by atoms with Crippen LogP contribution in [0, 0.1) is 0 Å². The molecule has 0 spiro atoms. The highest BCUT2D eigenvalue weighted by Gasteiger charge is 2.06. The molecule has 0 atom stereocenters. The highest BCUT2D eigenvalue weighted by molar-refractivity contribution is 5.93. The molecule has 0 aliphatic heterocycles. The van der Waals surface area contributed by atoms with Crippen LogP contribution in [0.1, 0.15) is 5.69 Å². The van der Waals surface area contributed by atoms with Gasteiger partial charge >= 0.3 is 0 Å². The molecule has 0 fully saturated rings. The van der Waals surface area contributed by atoms with Crippen LogP contribution in [0.25, 0.3) is 10.9 Å². The number of amides is 1. The van der Waals surface area contributed by atoms with Gasteiger partial charge in [-0.05, 0) is 29.7 Å². The number of rotatable bonds is 3. The molecular formula is C16H14N2O. The maximum atomic E-state index is 11.9. The minimum atomic E-state index is -0.0160. The average Bonchev–Trinajstić information content (AvgIpc) is 2.81. The van der Waals surface area contributed by atoms with Crippen molar-refractivity contribution in [3.05, 3.63) is 66.4 Å². The van der Waals surface area contributed by atoms with E-state index in [2.05, 4.69) is 10.3 Å². The van der Waals surface area contributed by atoms with Crippen LogP contribution in [-0.2, 0) is 11.2 Å². The van der Waals surface area contributed by atoms with E-state index < -0.39 is 0 Å². The molecule has 3 rings (SSSR count). The number of carbonyl (C=O) groups is 1. The summed E-state index contributed by atoms with van der Waals surface area (Å²) in [6.07, 6.45) is 0.351. The molecule has 0 saturated carbocycles. The van der Waals surface area contributed by atoms with E-state index in [1.165, 1.54) is 0 Å². The molecule has 19 heavy (non-hydrogen) atoms. The van der Waals surface area contributed by atoms with Gasteiger partial charge in [0.1, 0.15) is 0 Å². The second-order valence-electron chi connectivity index (χ2n) is 4.47. The van der Waals surface area contributed by atoms with Crippen molar-refractivity contribution in [2.75, 3.05) is 5.32 Å². The first-order valence-electron chi connectivity index (χ1n) is 6.23. The molecule has 94 valence electrons. The number of aromatic amines is 1. The third-order valence-corrected chi connectivity index (χ3v) is 2.99. The van der Waals surface area contributed by atoms with E-state index in [4.69, 9.17) is 0 Å². The first kappa shape index (κ1) is 11.5. The molecule has 1 aromatic heterocycles. The average molecular weight is 250 g/mol. The van der Waals surface area contributed by atoms with Crippen molar-refractivity contribution in [1.29, 1.82) is 0 Å². The van der Waals surface area contributed by atoms with Crippen molar-refractivity contribution < 1.29 is 4.79 Å². The van der Waals surface area contributed by atoms with Gasteiger partial charge in [-0.15, -0.1) is 0 Å². The Bertz CT molecular complexity index is 668. The molecule has 2 aromatic carbocycles. The van der Waals surface area contributed by atoms with Crippen LogP contribution in [0.3, 0.4) is 0 Å². The number of hydrogen-bond acceptors (Lipinski definition) is 1. The van der Waals surface area contributed by atoms with Crippen LogP contribution in [0.5, 0.6) is 0 Å². The second-order valence-corrected chi connectivity index (χ2v) is 4.47. The molecular weight excluding hydrogens is 236 g/mol. The first-order valence-corrected chi connectivity index (χ1v) is 6.23. The van der Waals surface area contributed by atoms with Crippen LogP contribution in [-0.4, -0.2) is 10.9 Å². The van der Waals surface area contributed by atoms with E-state index in [0.717, 1.165) is 22.3 Å². The molecule has 1 amide bonds. The largest absolute Gasteiger partial charge is 0.358 e. The van der Waals surface area contributed by atoms with Crippen LogP contribution < -0.4 is 5.32 Å². The molecule has 0 unspecified atom stereocenters. The van der Waals surface area contributed by atoms with E-state index in [1.807, 2.05) is 60.7 Å². The number of hydrogen-bond donors (Lipinski definition) is 2. The van der Waals surface area contributed by atoms with Crippen LogP contribution in [0.4, 0.5) is 5.69 Å². The molecule has 1 heterocycles. The second kappa shape index (κ2) is 4.98. The number of benzene rings is 2. The van der Waals surface area contributed by atoms with Crippen molar-refractivity contribution in [1.82, 2.24) is 4.98 Å². The Labute approximate surface area is 111 Å². The Hall–Kier alpha value is -2.55. The SMILES string of the molecule is O=C(Cc1cc2ccccc2[nH]1)Nc1ccccc1. The number of para-hydroxylation sites is 2. The summed E-state index contributed by atoms with van der Waals surface area (Å²) < 4.78 is 0. The number of anilines is 1. The number of fused-ring (bicyclic) bond motifs is 1. The predicted octanol–water partition coefficient (Wildman–Crippen LogP) is 3.35. The van der Waals surface area contributed by atoms with Gasteiger partial charge in [0, 0.05) is 16.9 Å². The number of carbonyl (C=O) groups excluding carboxylic acids is 1. The molecule has 3 nitrogen and oxygen atoms in total. The topological polar surface area (TPSA) is 44.9 Å². The Balaban J connectivity index is 1.72. The number of aromatic nitrogens is 1. The molecule has 0 saturated heterocycles. The highest BCUT2D eigenvalue weighted by Crippen LogP contribution is 2.15. The van der Waals surface area contributed by atoms with Crippen molar-refractivity contribution >= 4 is 22.5 Å². The zero-order valence-corrected chi connectivity index (χ0v) is 10.4. The highest BCUT2D eigenvalue weighted by atomic mass is 16.1. The smallest absolute Gasteiger partial charge is 0.230 e. The fourth-order valence-corrected chi connectivity index (χ4v) is 2.13. The summed E-state index contributed by atoms with van der Waals surface area (Å²) in [5.74, 6) is -0.0160. The number of H-pyrrole nitrogens is 1. The summed E-state index contributed by atoms with van der Waals surface area (Å²) in [4.78, 5) is 15.2. The van der Waals surface area contributed by atoms with Gasteiger partial charge in [0.2, 0.25) is 5.91 Å². The van der Waals surface area contributed by atoms with E-state index >= 15 is 0 Å². The van der Waals surface area contributed by atoms with Gasteiger partial charge in [-0.2, -0.15) is 0 Å². The molecule has 0 aliphatic rings. The van der Waals surface area contributed by atoms with Crippen molar-refractivity contribution in [2.45, 2.75) is 6.42 Å². The molecule has 2 N–H and O–H groups in total. The van der Waals surface area contributed by atoms with E-state index in [-0.39, 0.29) is 5.91 Å². The fraction of sp³-hybridized carbons (Fsp3) is 0.0625. The zero-order chi connectivity index (χ0) is 13.1. The Morgan fingerprint density at radius 1 is 1.00 bits per heavy atom. The fourth-order valence-electron chi connectivity index (χ4n) is 2.13. The lowest BCUT2D eigenvalue weighted by molar-refractivity contribution is -0.115. The van der Waals surface area contributed by atoms with Crippen LogP contribution >= 0.6 is 0 Å². The van der Waals surface area contributed by atoms with Gasteiger partial charge in [0.15, 0.2) is 0 Å². The standard InChI is InChI=1S/C16H14N2O/c19-16(18-13-7-2-1-3-8-13)11-14-10-12-6-4-5-9-15(12)17-14/h1-10,17H,11H2,(H,18,19). The monoisotopic (exact) mass is 250 g/mol. The van der Waals surface area contributed by atoms with Crippen molar-refractivity contribution in [3.8, 4) is 0 Å². The Kier molecular flexibility index (Phi) is 3.02. The van der Waals surface area contributed by atoms with Gasteiger partial charge in [0.25, 0.3) is 0 Å². The minimum Gasteiger partial charge on any atom is -0.358 e. The quantitative estimate of drug-likeness (QED) is 0.735. The maximum Gasteiger partial charge on any atom is 0.230 e. The van der Waals surface area contributed by atoms with Crippen molar-refractivity contribution in [3.63, 3.8) is 0 Å². The Morgan fingerprint density at radius 2 is 1.74 bits per heavy atom. The summed E-state index contributed by atoms with van der Waals surface area (Å²) in [5.41, 5.74) is 2.81. The predicted molar refractivity (Wildman–Crippen MR) is 77.1 cm³/mol. The summed E-state index contributed by atoms with van der Waals surface area (Å²) in [6.45, 7) is 0. The van der Waals surface area contributed by atoms with Gasteiger partial charge in [-0.1, -0.05) is 36.4 Å². The summed E-state index contributed by atoms with van der Waals surface area (Å²) in [7, 11) is 0. The molecule has 0 aliphatic carbocycles. The van der Waals surface area contributed by atoms with Gasteiger partial charge in [-0.3, -0.25) is 4.79 Å². The summed E-state index contributed by atoms with van der Waals surface area (Å²) in [6, 6.07) is 19.5. The van der Waals surface area contributed by atoms with E-state index in [9.17, 15) is 4.79 Å². The van der Waals surface area contributed by atoms with Gasteiger partial charge in [0.05, 0.1) is 6.42 Å². The zero-order valence-electron chi connectivity index (χ0n) is 10.4. The normalized spacial score (nSPS) is 10.5. The van der Waals surface area contributed by atoms with Gasteiger partial charge in [-0.25, -0.2) is 0 Å². The lowest BCUT2D eigenvalue weighted by atomic mass is 10.2. The molecule has 0 radical (unpaired) electrons. The molecule has 3 aromatic rings. The maximum absolute atomic E-state index is 11.9. The molecule has 3 heteroatoms.